The van der Waals surface area contributed by atoms with Crippen molar-refractivity contribution in [3.63, 3.8) is 0 Å². The van der Waals surface area contributed by atoms with Crippen molar-refractivity contribution in [3.05, 3.63) is 64.0 Å². The minimum Gasteiger partial charge on any atom is -0.506 e. The number of phenolic OH excluding ortho intramolecular Hbond substituents is 1. The number of aliphatic hydroxyl groups excluding tert-OH is 1. The molecule has 3 rings (SSSR count). The number of esters is 1. The summed E-state index contributed by atoms with van der Waals surface area (Å²) >= 11 is 0.989. The molecule has 0 saturated carbocycles. The summed E-state index contributed by atoms with van der Waals surface area (Å²) < 4.78 is 29.2. The van der Waals surface area contributed by atoms with E-state index < -0.39 is 17.5 Å². The minimum atomic E-state index is -0.800. The highest BCUT2D eigenvalue weighted by molar-refractivity contribution is 8.18. The van der Waals surface area contributed by atoms with Gasteiger partial charge < -0.3 is 24.4 Å². The first-order chi connectivity index (χ1) is 14.9. The van der Waals surface area contributed by atoms with E-state index in [1.165, 1.54) is 32.4 Å². The number of ether oxygens (including phenoxy) is 3. The maximum atomic E-state index is 13.7. The molecule has 1 aliphatic rings. The highest BCUT2D eigenvalue weighted by atomic mass is 32.2. The zero-order valence-corrected chi connectivity index (χ0v) is 17.8. The predicted octanol–water partition coefficient (Wildman–Crippen LogP) is 4.74. The number of aliphatic hydroxyl groups is 1. The van der Waals surface area contributed by atoms with Crippen molar-refractivity contribution >= 4 is 34.5 Å². The number of carbonyl (C=O) groups is 1. The highest BCUT2D eigenvalue weighted by Crippen LogP contribution is 2.42. The van der Waals surface area contributed by atoms with Crippen LogP contribution < -0.4 is 9.47 Å². The summed E-state index contributed by atoms with van der Waals surface area (Å²) in [5.74, 6) is -1.53. The van der Waals surface area contributed by atoms with Crippen LogP contribution in [0.1, 0.15) is 12.5 Å². The fourth-order valence-corrected chi connectivity index (χ4v) is 3.82. The van der Waals surface area contributed by atoms with Crippen molar-refractivity contribution < 1.29 is 33.6 Å². The van der Waals surface area contributed by atoms with Crippen molar-refractivity contribution in [1.29, 1.82) is 0 Å². The van der Waals surface area contributed by atoms with E-state index in [9.17, 15) is 19.4 Å². The normalized spacial score (nSPS) is 16.1. The first-order valence-electron chi connectivity index (χ1n) is 9.18. The van der Waals surface area contributed by atoms with E-state index in [2.05, 4.69) is 4.99 Å². The van der Waals surface area contributed by atoms with Gasteiger partial charge in [0.25, 0.3) is 0 Å². The summed E-state index contributed by atoms with van der Waals surface area (Å²) in [7, 11) is 3.00. The molecule has 1 aliphatic heterocycles. The van der Waals surface area contributed by atoms with E-state index >= 15 is 0 Å². The maximum absolute atomic E-state index is 13.7. The third-order valence-corrected chi connectivity index (χ3v) is 5.29. The highest BCUT2D eigenvalue weighted by Gasteiger charge is 2.33. The average Bonchev–Trinajstić information content (AvgIpc) is 3.06. The zero-order valence-electron chi connectivity index (χ0n) is 17.0. The Labute approximate surface area is 182 Å². The second kappa shape index (κ2) is 9.57. The lowest BCUT2D eigenvalue weighted by atomic mass is 10.1. The molecule has 0 spiro atoms. The first kappa shape index (κ1) is 22.2. The van der Waals surface area contributed by atoms with Crippen LogP contribution in [0, 0.1) is 5.82 Å². The van der Waals surface area contributed by atoms with Gasteiger partial charge >= 0.3 is 5.97 Å². The summed E-state index contributed by atoms with van der Waals surface area (Å²) in [5.41, 5.74) is 0.470. The van der Waals surface area contributed by atoms with Crippen LogP contribution in [-0.2, 0) is 9.53 Å². The molecule has 0 unspecified atom stereocenters. The molecule has 31 heavy (non-hydrogen) atoms. The lowest BCUT2D eigenvalue weighted by Gasteiger charge is -2.08. The van der Waals surface area contributed by atoms with Crippen LogP contribution in [0.3, 0.4) is 0 Å². The van der Waals surface area contributed by atoms with Crippen molar-refractivity contribution in [2.24, 2.45) is 4.99 Å². The third kappa shape index (κ3) is 4.66. The van der Waals surface area contributed by atoms with E-state index in [0.717, 1.165) is 17.8 Å². The summed E-state index contributed by atoms with van der Waals surface area (Å²) in [6.07, 6.45) is 1.37. The standard InChI is InChI=1S/C22H20FNO6S/c1-4-30-22(27)18-20(26)17(10-12-6-5-7-14(23)19(12)25)31-21(18)24-13-8-9-15(28-2)16(11-13)29-3/h5-11,25-26H,4H2,1-3H3. The largest absolute Gasteiger partial charge is 0.506 e. The molecule has 0 saturated heterocycles. The summed E-state index contributed by atoms with van der Waals surface area (Å²) in [4.78, 5) is 17.2. The molecule has 2 N–H and O–H groups in total. The van der Waals surface area contributed by atoms with E-state index in [1.807, 2.05) is 0 Å². The number of rotatable bonds is 6. The first-order valence-corrected chi connectivity index (χ1v) is 10.00. The number of benzene rings is 2. The summed E-state index contributed by atoms with van der Waals surface area (Å²) in [6, 6.07) is 8.95. The Kier molecular flexibility index (Phi) is 6.86. The molecular formula is C22H20FNO6S. The second-order valence-corrected chi connectivity index (χ2v) is 7.22. The number of halogens is 1. The van der Waals surface area contributed by atoms with Gasteiger partial charge in [-0.25, -0.2) is 14.2 Å². The fourth-order valence-electron chi connectivity index (χ4n) is 2.79. The average molecular weight is 445 g/mol. The van der Waals surface area contributed by atoms with E-state index in [1.54, 1.807) is 25.1 Å². The van der Waals surface area contributed by atoms with Crippen molar-refractivity contribution in [1.82, 2.24) is 0 Å². The van der Waals surface area contributed by atoms with Crippen molar-refractivity contribution in [2.45, 2.75) is 6.92 Å². The van der Waals surface area contributed by atoms with Gasteiger partial charge in [0.2, 0.25) is 0 Å². The lowest BCUT2D eigenvalue weighted by Crippen LogP contribution is -2.12. The van der Waals surface area contributed by atoms with Crippen LogP contribution >= 0.6 is 11.8 Å². The van der Waals surface area contributed by atoms with Crippen LogP contribution in [-0.4, -0.2) is 42.1 Å². The van der Waals surface area contributed by atoms with E-state index in [-0.39, 0.29) is 33.5 Å². The number of nitrogens with zero attached hydrogens (tertiary/aromatic N) is 1. The van der Waals surface area contributed by atoms with Crippen LogP contribution in [0.4, 0.5) is 10.1 Å². The van der Waals surface area contributed by atoms with Crippen molar-refractivity contribution in [2.75, 3.05) is 20.8 Å². The Morgan fingerprint density at radius 2 is 1.90 bits per heavy atom. The zero-order chi connectivity index (χ0) is 22.5. The molecule has 0 fully saturated rings. The molecule has 9 heteroatoms. The van der Waals surface area contributed by atoms with Gasteiger partial charge in [-0.2, -0.15) is 0 Å². The molecule has 1 heterocycles. The third-order valence-electron chi connectivity index (χ3n) is 4.27. The van der Waals surface area contributed by atoms with Gasteiger partial charge in [0.05, 0.1) is 31.4 Å². The lowest BCUT2D eigenvalue weighted by molar-refractivity contribution is -0.138. The second-order valence-electron chi connectivity index (χ2n) is 6.19. The Morgan fingerprint density at radius 1 is 1.16 bits per heavy atom. The van der Waals surface area contributed by atoms with E-state index in [0.29, 0.717) is 17.2 Å². The number of aromatic hydroxyl groups is 1. The number of hydrogen-bond donors (Lipinski definition) is 2. The van der Waals surface area contributed by atoms with Crippen LogP contribution in [0.2, 0.25) is 0 Å². The Balaban J connectivity index is 2.08. The van der Waals surface area contributed by atoms with Gasteiger partial charge in [0, 0.05) is 11.6 Å². The van der Waals surface area contributed by atoms with Gasteiger partial charge in [-0.15, -0.1) is 0 Å². The van der Waals surface area contributed by atoms with Gasteiger partial charge in [-0.1, -0.05) is 23.9 Å². The SMILES string of the molecule is CCOC(=O)C1=C(O)C(=Cc2cccc(F)c2O)SC1=Nc1ccc(OC)c(OC)c1. The maximum Gasteiger partial charge on any atom is 0.344 e. The van der Waals surface area contributed by atoms with Gasteiger partial charge in [0.1, 0.15) is 16.4 Å². The Morgan fingerprint density at radius 3 is 2.58 bits per heavy atom. The fraction of sp³-hybridized carbons (Fsp3) is 0.182. The Bertz CT molecular complexity index is 1110. The molecule has 2 aromatic carbocycles. The quantitative estimate of drug-likeness (QED) is 0.620. The smallest absolute Gasteiger partial charge is 0.344 e. The minimum absolute atomic E-state index is 0.105. The summed E-state index contributed by atoms with van der Waals surface area (Å²) in [5, 5.41) is 20.8. The molecule has 7 nitrogen and oxygen atoms in total. The molecule has 0 amide bonds. The molecule has 162 valence electrons. The van der Waals surface area contributed by atoms with Crippen LogP contribution in [0.25, 0.3) is 6.08 Å². The molecule has 0 radical (unpaired) electrons. The molecule has 0 aliphatic carbocycles. The van der Waals surface area contributed by atoms with Gasteiger partial charge in [0.15, 0.2) is 23.1 Å². The molecular weight excluding hydrogens is 425 g/mol. The molecule has 2 aromatic rings. The van der Waals surface area contributed by atoms with Gasteiger partial charge in [-0.05, 0) is 31.2 Å². The number of para-hydroxylation sites is 1. The van der Waals surface area contributed by atoms with Crippen molar-refractivity contribution in [3.8, 4) is 17.2 Å². The molecule has 0 atom stereocenters. The number of thioether (sulfide) groups is 1. The van der Waals surface area contributed by atoms with Crippen LogP contribution in [0.15, 0.2) is 57.6 Å². The molecule has 0 bridgehead atoms. The predicted molar refractivity (Wildman–Crippen MR) is 117 cm³/mol. The van der Waals surface area contributed by atoms with Gasteiger partial charge in [-0.3, -0.25) is 0 Å². The molecule has 0 aromatic heterocycles. The number of carbonyl (C=O) groups excluding carboxylic acids is 1. The van der Waals surface area contributed by atoms with Crippen LogP contribution in [0.5, 0.6) is 17.2 Å². The number of methoxy groups -OCH3 is 2. The number of hydrogen-bond acceptors (Lipinski definition) is 8. The topological polar surface area (TPSA) is 97.6 Å². The number of phenols is 1. The Hall–Kier alpha value is -3.46. The number of aliphatic imine (C=N–C) groups is 1. The van der Waals surface area contributed by atoms with E-state index in [4.69, 9.17) is 14.2 Å². The summed E-state index contributed by atoms with van der Waals surface area (Å²) in [6.45, 7) is 1.75. The monoisotopic (exact) mass is 445 g/mol.